The molecule has 0 saturated carbocycles. The van der Waals surface area contributed by atoms with Crippen molar-refractivity contribution in [3.8, 4) is 11.1 Å². The predicted molar refractivity (Wildman–Crippen MR) is 207 cm³/mol. The van der Waals surface area contributed by atoms with Gasteiger partial charge in [-0.25, -0.2) is 0 Å². The van der Waals surface area contributed by atoms with E-state index in [2.05, 4.69) is 84.2 Å². The van der Waals surface area contributed by atoms with E-state index in [1.807, 2.05) is 0 Å². The van der Waals surface area contributed by atoms with Gasteiger partial charge in [0.25, 0.3) is 20.2 Å². The average Bonchev–Trinajstić information content (AvgIpc) is 3.04. The number of fused-ring (bicyclic) bond motifs is 2. The van der Waals surface area contributed by atoms with Gasteiger partial charge in [0.1, 0.15) is 32.5 Å². The number of benzene rings is 6. The molecule has 0 aliphatic heterocycles. The molecule has 0 saturated heterocycles. The lowest BCUT2D eigenvalue weighted by Crippen LogP contribution is -2.01. The highest BCUT2D eigenvalue weighted by Crippen LogP contribution is 2.45. The van der Waals surface area contributed by atoms with Gasteiger partial charge in [-0.2, -0.15) is 16.8 Å². The highest BCUT2D eigenvalue weighted by molar-refractivity contribution is 9.11. The van der Waals surface area contributed by atoms with E-state index >= 15 is 0 Å². The van der Waals surface area contributed by atoms with Crippen molar-refractivity contribution in [2.24, 2.45) is 20.5 Å². The first-order valence-electron chi connectivity index (χ1n) is 13.9. The SMILES string of the molecule is Nc1c(/N=N/c2c(Br)cc(-c3cc(Br)c(/N=N/c4cc(S(=O)(=O)O)c5ccccc5c4N)c(Br)c3)cc2Br)cc(S(=O)(=O)O)c2ccccc12. The number of azo groups is 2. The van der Waals surface area contributed by atoms with Gasteiger partial charge in [0.15, 0.2) is 0 Å². The van der Waals surface area contributed by atoms with Gasteiger partial charge in [-0.3, -0.25) is 9.11 Å². The summed E-state index contributed by atoms with van der Waals surface area (Å²) in [4.78, 5) is -0.681. The van der Waals surface area contributed by atoms with Gasteiger partial charge in [-0.1, -0.05) is 48.5 Å². The van der Waals surface area contributed by atoms with Crippen molar-refractivity contribution in [3.05, 3.63) is 103 Å². The monoisotopic (exact) mass is 964 g/mol. The van der Waals surface area contributed by atoms with Crippen LogP contribution in [0.25, 0.3) is 32.7 Å². The molecule has 0 atom stereocenters. The Bertz CT molecular complexity index is 2460. The van der Waals surface area contributed by atoms with Crippen LogP contribution in [0.5, 0.6) is 0 Å². The zero-order valence-electron chi connectivity index (χ0n) is 24.9. The summed E-state index contributed by atoms with van der Waals surface area (Å²) >= 11 is 14.2. The van der Waals surface area contributed by atoms with Crippen LogP contribution in [-0.4, -0.2) is 25.9 Å². The van der Waals surface area contributed by atoms with Crippen LogP contribution >= 0.6 is 63.7 Å². The van der Waals surface area contributed by atoms with E-state index in [0.29, 0.717) is 40.0 Å². The Morgan fingerprint density at radius 1 is 0.480 bits per heavy atom. The number of halogens is 4. The van der Waals surface area contributed by atoms with Crippen LogP contribution in [0.3, 0.4) is 0 Å². The van der Waals surface area contributed by atoms with Crippen LogP contribution in [-0.2, 0) is 20.2 Å². The van der Waals surface area contributed by atoms with E-state index < -0.39 is 20.2 Å². The Labute approximate surface area is 318 Å². The molecule has 0 heterocycles. The zero-order valence-corrected chi connectivity index (χ0v) is 32.9. The van der Waals surface area contributed by atoms with Gasteiger partial charge in [0, 0.05) is 39.4 Å². The molecule has 0 spiro atoms. The maximum absolute atomic E-state index is 12.1. The smallest absolute Gasteiger partial charge is 0.295 e. The Morgan fingerprint density at radius 3 is 1.08 bits per heavy atom. The number of nitrogens with two attached hydrogens (primary N) is 2. The van der Waals surface area contributed by atoms with Gasteiger partial charge in [-0.05, 0) is 111 Å². The first-order valence-corrected chi connectivity index (χ1v) is 20.0. The van der Waals surface area contributed by atoms with Crippen molar-refractivity contribution < 1.29 is 25.9 Å². The summed E-state index contributed by atoms with van der Waals surface area (Å²) in [7, 11) is -9.16. The third-order valence-electron chi connectivity index (χ3n) is 7.49. The van der Waals surface area contributed by atoms with E-state index in [4.69, 9.17) is 11.5 Å². The second-order valence-corrected chi connectivity index (χ2v) is 16.8. The molecule has 0 fully saturated rings. The van der Waals surface area contributed by atoms with Gasteiger partial charge >= 0.3 is 0 Å². The van der Waals surface area contributed by atoms with Crippen molar-refractivity contribution in [2.45, 2.75) is 9.79 Å². The quantitative estimate of drug-likeness (QED) is 0.0685. The van der Waals surface area contributed by atoms with Crippen molar-refractivity contribution in [1.29, 1.82) is 0 Å². The molecule has 18 heteroatoms. The van der Waals surface area contributed by atoms with E-state index in [-0.39, 0.29) is 43.3 Å². The van der Waals surface area contributed by atoms with Crippen molar-refractivity contribution in [3.63, 3.8) is 0 Å². The lowest BCUT2D eigenvalue weighted by molar-refractivity contribution is 0.482. The van der Waals surface area contributed by atoms with Gasteiger partial charge in [0.2, 0.25) is 0 Å². The topological polar surface area (TPSA) is 210 Å². The van der Waals surface area contributed by atoms with Gasteiger partial charge < -0.3 is 11.5 Å². The second-order valence-electron chi connectivity index (χ2n) is 10.6. The Kier molecular flexibility index (Phi) is 10.0. The van der Waals surface area contributed by atoms with Crippen LogP contribution in [0.15, 0.2) is 133 Å². The molecule has 0 aromatic heterocycles. The number of hydrogen-bond donors (Lipinski definition) is 4. The van der Waals surface area contributed by atoms with Crippen molar-refractivity contribution >= 4 is 140 Å². The van der Waals surface area contributed by atoms with Crippen LogP contribution in [0.4, 0.5) is 34.1 Å². The van der Waals surface area contributed by atoms with E-state index in [0.717, 1.165) is 11.1 Å². The van der Waals surface area contributed by atoms with Crippen molar-refractivity contribution in [2.75, 3.05) is 11.5 Å². The van der Waals surface area contributed by atoms with Crippen LogP contribution in [0.2, 0.25) is 0 Å². The first kappa shape index (κ1) is 36.2. The Balaban J connectivity index is 1.34. The average molecular weight is 968 g/mol. The first-order chi connectivity index (χ1) is 23.5. The summed E-state index contributed by atoms with van der Waals surface area (Å²) in [6, 6.07) is 22.5. The highest BCUT2D eigenvalue weighted by Gasteiger charge is 2.21. The molecule has 6 rings (SSSR count). The third kappa shape index (κ3) is 7.11. The number of nitrogens with zero attached hydrogens (tertiary/aromatic N) is 4. The summed E-state index contributed by atoms with van der Waals surface area (Å²) < 4.78 is 70.3. The largest absolute Gasteiger partial charge is 0.396 e. The minimum absolute atomic E-state index is 0.0523. The van der Waals surface area contributed by atoms with Gasteiger partial charge in [-0.15, -0.1) is 20.5 Å². The summed E-state index contributed by atoms with van der Waals surface area (Å²) in [5.74, 6) is 0. The summed E-state index contributed by atoms with van der Waals surface area (Å²) in [6.45, 7) is 0. The van der Waals surface area contributed by atoms with E-state index in [9.17, 15) is 25.9 Å². The molecule has 254 valence electrons. The third-order valence-corrected chi connectivity index (χ3v) is 11.7. The van der Waals surface area contributed by atoms with E-state index in [1.165, 1.54) is 24.3 Å². The predicted octanol–water partition coefficient (Wildman–Crippen LogP) is 11.2. The molecule has 6 aromatic carbocycles. The number of rotatable bonds is 7. The molecule has 0 amide bonds. The fourth-order valence-corrected chi connectivity index (χ4v) is 9.28. The maximum Gasteiger partial charge on any atom is 0.295 e. The standard InChI is InChI=1S/C32H20Br4N6O6S2/c33-21-9-15(10-22(34)31(21)41-39-25-13-27(49(43,44)45)17-5-1-3-7-19(17)29(25)37)16-11-23(35)32(24(36)12-16)42-40-26-14-28(50(46,47)48)18-6-2-4-8-20(18)30(26)38/h1-14H,37-38H2,(H,43,44,45)(H,46,47,48)/b41-39+,42-40+. The zero-order chi connectivity index (χ0) is 36.1. The maximum atomic E-state index is 12.1. The molecular weight excluding hydrogens is 948 g/mol. The summed E-state index contributed by atoms with van der Waals surface area (Å²) in [5, 5.41) is 18.4. The van der Waals surface area contributed by atoms with Crippen molar-refractivity contribution in [1.82, 2.24) is 0 Å². The normalized spacial score (nSPS) is 12.5. The Morgan fingerprint density at radius 2 is 0.780 bits per heavy atom. The molecule has 0 radical (unpaired) electrons. The minimum atomic E-state index is -4.58. The van der Waals surface area contributed by atoms with Crippen LogP contribution < -0.4 is 11.5 Å². The highest BCUT2D eigenvalue weighted by atomic mass is 79.9. The van der Waals surface area contributed by atoms with Crippen LogP contribution in [0.1, 0.15) is 0 Å². The molecule has 6 N–H and O–H groups in total. The lowest BCUT2D eigenvalue weighted by Gasteiger charge is -2.11. The second kappa shape index (κ2) is 13.8. The molecule has 0 aliphatic carbocycles. The molecule has 6 aromatic rings. The number of anilines is 2. The fraction of sp³-hybridized carbons (Fsp3) is 0. The summed E-state index contributed by atoms with van der Waals surface area (Å²) in [5.41, 5.74) is 15.4. The lowest BCUT2D eigenvalue weighted by atomic mass is 10.1. The molecule has 50 heavy (non-hydrogen) atoms. The number of hydrogen-bond acceptors (Lipinski definition) is 10. The molecular formula is C32H20Br4N6O6S2. The number of nitrogen functional groups attached to an aromatic ring is 2. The van der Waals surface area contributed by atoms with E-state index in [1.54, 1.807) is 60.7 Å². The Hall–Kier alpha value is -3.62. The summed E-state index contributed by atoms with van der Waals surface area (Å²) in [6.07, 6.45) is 0. The molecule has 12 nitrogen and oxygen atoms in total. The molecule has 0 bridgehead atoms. The molecule has 0 aliphatic rings. The van der Waals surface area contributed by atoms with Gasteiger partial charge in [0.05, 0.1) is 11.4 Å². The van der Waals surface area contributed by atoms with Crippen LogP contribution in [0, 0.1) is 0 Å². The minimum Gasteiger partial charge on any atom is -0.396 e. The molecule has 0 unspecified atom stereocenters. The fourth-order valence-electron chi connectivity index (χ4n) is 5.16.